The van der Waals surface area contributed by atoms with Gasteiger partial charge in [-0.2, -0.15) is 0 Å². The summed E-state index contributed by atoms with van der Waals surface area (Å²) >= 11 is 0. The van der Waals surface area contributed by atoms with Crippen LogP contribution in [0.1, 0.15) is 25.7 Å². The maximum absolute atomic E-state index is 11.7. The van der Waals surface area contributed by atoms with E-state index in [0.29, 0.717) is 19.4 Å². The summed E-state index contributed by atoms with van der Waals surface area (Å²) in [5, 5.41) is 5.67. The number of hydrogen-bond donors (Lipinski definition) is 3. The molecule has 0 aromatic rings. The Morgan fingerprint density at radius 2 is 2.20 bits per heavy atom. The standard InChI is InChI=1S/C10H17N3O2/c11-7-3-8(4-7)13-10(15)6-1-2-9(14)12-5-6/h6-8H,1-5,11H2,(H,12,14)(H,13,15). The van der Waals surface area contributed by atoms with Crippen LogP contribution in [-0.4, -0.2) is 30.4 Å². The van der Waals surface area contributed by atoms with E-state index in [-0.39, 0.29) is 29.8 Å². The molecule has 4 N–H and O–H groups in total. The second-order valence-corrected chi connectivity index (χ2v) is 4.48. The Balaban J connectivity index is 1.74. The van der Waals surface area contributed by atoms with Crippen molar-refractivity contribution in [2.75, 3.05) is 6.54 Å². The van der Waals surface area contributed by atoms with Gasteiger partial charge in [-0.05, 0) is 19.3 Å². The molecule has 0 bridgehead atoms. The molecule has 1 unspecified atom stereocenters. The Hall–Kier alpha value is -1.10. The average molecular weight is 211 g/mol. The zero-order valence-electron chi connectivity index (χ0n) is 8.66. The van der Waals surface area contributed by atoms with Crippen LogP contribution in [0.5, 0.6) is 0 Å². The van der Waals surface area contributed by atoms with Gasteiger partial charge in [0.25, 0.3) is 0 Å². The fraction of sp³-hybridized carbons (Fsp3) is 0.800. The highest BCUT2D eigenvalue weighted by molar-refractivity contribution is 5.83. The smallest absolute Gasteiger partial charge is 0.225 e. The summed E-state index contributed by atoms with van der Waals surface area (Å²) < 4.78 is 0. The lowest BCUT2D eigenvalue weighted by molar-refractivity contribution is -0.129. The normalized spacial score (nSPS) is 35.3. The topological polar surface area (TPSA) is 84.2 Å². The number of amides is 2. The van der Waals surface area contributed by atoms with Crippen LogP contribution in [-0.2, 0) is 9.59 Å². The molecule has 2 fully saturated rings. The van der Waals surface area contributed by atoms with Gasteiger partial charge in [0.2, 0.25) is 11.8 Å². The monoisotopic (exact) mass is 211 g/mol. The molecule has 1 saturated heterocycles. The maximum atomic E-state index is 11.7. The first-order chi connectivity index (χ1) is 7.15. The van der Waals surface area contributed by atoms with Gasteiger partial charge in [-0.15, -0.1) is 0 Å². The summed E-state index contributed by atoms with van der Waals surface area (Å²) in [6.07, 6.45) is 2.88. The molecule has 5 nitrogen and oxygen atoms in total. The predicted molar refractivity (Wildman–Crippen MR) is 54.9 cm³/mol. The number of nitrogens with two attached hydrogens (primary N) is 1. The number of piperidine rings is 1. The Bertz CT molecular complexity index is 264. The third kappa shape index (κ3) is 2.47. The predicted octanol–water partition coefficient (Wildman–Crippen LogP) is -0.881. The summed E-state index contributed by atoms with van der Waals surface area (Å²) in [5.41, 5.74) is 5.63. The number of carbonyl (C=O) groups is 2. The molecule has 15 heavy (non-hydrogen) atoms. The molecule has 1 atom stereocenters. The molecule has 1 aliphatic carbocycles. The highest BCUT2D eigenvalue weighted by atomic mass is 16.2. The SMILES string of the molecule is NC1CC(NC(=O)C2CCC(=O)NC2)C1. The number of nitrogens with one attached hydrogen (secondary N) is 2. The van der Waals surface area contributed by atoms with Crippen LogP contribution in [0, 0.1) is 5.92 Å². The molecule has 2 rings (SSSR count). The van der Waals surface area contributed by atoms with E-state index in [9.17, 15) is 9.59 Å². The van der Waals surface area contributed by atoms with Gasteiger partial charge >= 0.3 is 0 Å². The van der Waals surface area contributed by atoms with Crippen LogP contribution in [0.3, 0.4) is 0 Å². The Kier molecular flexibility index (Phi) is 2.90. The minimum atomic E-state index is -0.0560. The van der Waals surface area contributed by atoms with Crippen molar-refractivity contribution < 1.29 is 9.59 Å². The minimum Gasteiger partial charge on any atom is -0.355 e. The van der Waals surface area contributed by atoms with E-state index >= 15 is 0 Å². The van der Waals surface area contributed by atoms with Crippen LogP contribution in [0.25, 0.3) is 0 Å². The molecular formula is C10H17N3O2. The van der Waals surface area contributed by atoms with Crippen molar-refractivity contribution in [3.05, 3.63) is 0 Å². The van der Waals surface area contributed by atoms with Crippen LogP contribution < -0.4 is 16.4 Å². The van der Waals surface area contributed by atoms with Gasteiger partial charge in [0.15, 0.2) is 0 Å². The van der Waals surface area contributed by atoms with Crippen molar-refractivity contribution in [1.29, 1.82) is 0 Å². The van der Waals surface area contributed by atoms with E-state index in [4.69, 9.17) is 5.73 Å². The molecule has 1 aliphatic heterocycles. The first-order valence-electron chi connectivity index (χ1n) is 5.48. The molecule has 0 aromatic heterocycles. The quantitative estimate of drug-likeness (QED) is 0.554. The molecule has 84 valence electrons. The highest BCUT2D eigenvalue weighted by Gasteiger charge is 2.31. The Morgan fingerprint density at radius 3 is 2.73 bits per heavy atom. The summed E-state index contributed by atoms with van der Waals surface area (Å²) in [6.45, 7) is 0.476. The number of carbonyl (C=O) groups excluding carboxylic acids is 2. The van der Waals surface area contributed by atoms with Crippen molar-refractivity contribution >= 4 is 11.8 Å². The van der Waals surface area contributed by atoms with Gasteiger partial charge in [-0.25, -0.2) is 0 Å². The fourth-order valence-corrected chi connectivity index (χ4v) is 2.06. The average Bonchev–Trinajstić information content (AvgIpc) is 2.16. The maximum Gasteiger partial charge on any atom is 0.225 e. The molecule has 1 heterocycles. The van der Waals surface area contributed by atoms with E-state index in [0.717, 1.165) is 12.8 Å². The van der Waals surface area contributed by atoms with Crippen molar-refractivity contribution in [2.45, 2.75) is 37.8 Å². The first-order valence-corrected chi connectivity index (χ1v) is 5.48. The number of hydrogen-bond acceptors (Lipinski definition) is 3. The molecule has 2 amide bonds. The summed E-state index contributed by atoms with van der Waals surface area (Å²) in [4.78, 5) is 22.6. The molecule has 0 spiro atoms. The van der Waals surface area contributed by atoms with Crippen molar-refractivity contribution in [2.24, 2.45) is 11.7 Å². The molecule has 2 aliphatic rings. The van der Waals surface area contributed by atoms with E-state index < -0.39 is 0 Å². The van der Waals surface area contributed by atoms with E-state index in [1.165, 1.54) is 0 Å². The minimum absolute atomic E-state index is 0.0460. The van der Waals surface area contributed by atoms with Gasteiger partial charge in [-0.3, -0.25) is 9.59 Å². The second kappa shape index (κ2) is 4.18. The van der Waals surface area contributed by atoms with Crippen molar-refractivity contribution in [1.82, 2.24) is 10.6 Å². The largest absolute Gasteiger partial charge is 0.355 e. The molecular weight excluding hydrogens is 194 g/mol. The molecule has 5 heteroatoms. The lowest BCUT2D eigenvalue weighted by Crippen LogP contribution is -2.53. The third-order valence-corrected chi connectivity index (χ3v) is 3.16. The summed E-state index contributed by atoms with van der Waals surface area (Å²) in [6, 6.07) is 0.506. The molecule has 0 aromatic carbocycles. The van der Waals surface area contributed by atoms with Crippen molar-refractivity contribution in [3.63, 3.8) is 0 Å². The van der Waals surface area contributed by atoms with Crippen LogP contribution in [0.2, 0.25) is 0 Å². The van der Waals surface area contributed by atoms with E-state index in [1.54, 1.807) is 0 Å². The first kappa shape index (κ1) is 10.4. The number of rotatable bonds is 2. The van der Waals surface area contributed by atoms with E-state index in [2.05, 4.69) is 10.6 Å². The van der Waals surface area contributed by atoms with Gasteiger partial charge in [0.1, 0.15) is 0 Å². The van der Waals surface area contributed by atoms with Gasteiger partial charge in [0, 0.05) is 25.0 Å². The second-order valence-electron chi connectivity index (χ2n) is 4.48. The fourth-order valence-electron chi connectivity index (χ4n) is 2.06. The van der Waals surface area contributed by atoms with Gasteiger partial charge in [0.05, 0.1) is 5.92 Å². The van der Waals surface area contributed by atoms with Gasteiger partial charge < -0.3 is 16.4 Å². The summed E-state index contributed by atoms with van der Waals surface area (Å²) in [5.74, 6) is 0.0520. The Morgan fingerprint density at radius 1 is 1.47 bits per heavy atom. The van der Waals surface area contributed by atoms with Crippen LogP contribution in [0.15, 0.2) is 0 Å². The molecule has 0 radical (unpaired) electrons. The van der Waals surface area contributed by atoms with Crippen molar-refractivity contribution in [3.8, 4) is 0 Å². The van der Waals surface area contributed by atoms with Crippen LogP contribution in [0.4, 0.5) is 0 Å². The third-order valence-electron chi connectivity index (χ3n) is 3.16. The van der Waals surface area contributed by atoms with Crippen LogP contribution >= 0.6 is 0 Å². The zero-order chi connectivity index (χ0) is 10.8. The summed E-state index contributed by atoms with van der Waals surface area (Å²) in [7, 11) is 0. The highest BCUT2D eigenvalue weighted by Crippen LogP contribution is 2.19. The Labute approximate surface area is 88.8 Å². The van der Waals surface area contributed by atoms with Gasteiger partial charge in [-0.1, -0.05) is 0 Å². The van der Waals surface area contributed by atoms with E-state index in [1.807, 2.05) is 0 Å². The molecule has 1 saturated carbocycles. The zero-order valence-corrected chi connectivity index (χ0v) is 8.66. The lowest BCUT2D eigenvalue weighted by atomic mass is 9.87. The lowest BCUT2D eigenvalue weighted by Gasteiger charge is -2.34.